The van der Waals surface area contributed by atoms with E-state index in [2.05, 4.69) is 6.92 Å². The molecule has 0 aliphatic carbocycles. The molecule has 2 aliphatic rings. The Bertz CT molecular complexity index is 599. The molecule has 2 fully saturated rings. The first-order valence-corrected chi connectivity index (χ1v) is 8.88. The van der Waals surface area contributed by atoms with Gasteiger partial charge in [-0.25, -0.2) is 0 Å². The molecule has 1 aromatic carbocycles. The van der Waals surface area contributed by atoms with Gasteiger partial charge >= 0.3 is 0 Å². The SMILES string of the molecule is CC1CCCN(C(=O)c2ccc(CN3CCCC3=O)cc2)C1CO. The minimum absolute atomic E-state index is 0.00982. The molecule has 3 rings (SSSR count). The molecule has 0 spiro atoms. The zero-order valence-electron chi connectivity index (χ0n) is 14.3. The van der Waals surface area contributed by atoms with Crippen LogP contribution in [-0.4, -0.2) is 52.5 Å². The molecule has 1 N–H and O–H groups in total. The molecule has 2 heterocycles. The van der Waals surface area contributed by atoms with Gasteiger partial charge in [-0.05, 0) is 42.9 Å². The van der Waals surface area contributed by atoms with E-state index in [-0.39, 0.29) is 24.5 Å². The lowest BCUT2D eigenvalue weighted by Crippen LogP contribution is -2.49. The van der Waals surface area contributed by atoms with Crippen LogP contribution in [0.4, 0.5) is 0 Å². The fourth-order valence-corrected chi connectivity index (χ4v) is 3.79. The maximum atomic E-state index is 12.8. The van der Waals surface area contributed by atoms with Gasteiger partial charge in [0.1, 0.15) is 0 Å². The summed E-state index contributed by atoms with van der Waals surface area (Å²) in [6.45, 7) is 4.26. The van der Waals surface area contributed by atoms with Crippen LogP contribution in [0.5, 0.6) is 0 Å². The van der Waals surface area contributed by atoms with Crippen LogP contribution in [0, 0.1) is 5.92 Å². The highest BCUT2D eigenvalue weighted by Gasteiger charge is 2.31. The molecule has 2 atom stereocenters. The van der Waals surface area contributed by atoms with Crippen LogP contribution in [0.1, 0.15) is 48.5 Å². The van der Waals surface area contributed by atoms with Crippen LogP contribution < -0.4 is 0 Å². The Hall–Kier alpha value is -1.88. The molecule has 0 radical (unpaired) electrons. The van der Waals surface area contributed by atoms with Crippen molar-refractivity contribution < 1.29 is 14.7 Å². The van der Waals surface area contributed by atoms with Gasteiger partial charge in [0.2, 0.25) is 5.91 Å². The van der Waals surface area contributed by atoms with Gasteiger partial charge in [-0.3, -0.25) is 9.59 Å². The minimum Gasteiger partial charge on any atom is -0.394 e. The maximum Gasteiger partial charge on any atom is 0.254 e. The molecule has 5 nitrogen and oxygen atoms in total. The third-order valence-corrected chi connectivity index (χ3v) is 5.31. The van der Waals surface area contributed by atoms with Crippen molar-refractivity contribution in [3.63, 3.8) is 0 Å². The number of carbonyl (C=O) groups is 2. The number of amides is 2. The molecule has 130 valence electrons. The number of hydrogen-bond donors (Lipinski definition) is 1. The van der Waals surface area contributed by atoms with E-state index in [0.29, 0.717) is 31.0 Å². The number of aliphatic hydroxyl groups excluding tert-OH is 1. The first kappa shape index (κ1) is 17.0. The molecule has 2 unspecified atom stereocenters. The Morgan fingerprint density at radius 3 is 2.58 bits per heavy atom. The maximum absolute atomic E-state index is 12.8. The molecule has 0 bridgehead atoms. The lowest BCUT2D eigenvalue weighted by Gasteiger charge is -2.39. The highest BCUT2D eigenvalue weighted by Crippen LogP contribution is 2.25. The van der Waals surface area contributed by atoms with E-state index in [1.807, 2.05) is 34.1 Å². The highest BCUT2D eigenvalue weighted by molar-refractivity contribution is 5.94. The third-order valence-electron chi connectivity index (χ3n) is 5.31. The molecular weight excluding hydrogens is 304 g/mol. The summed E-state index contributed by atoms with van der Waals surface area (Å²) in [5.41, 5.74) is 1.70. The smallest absolute Gasteiger partial charge is 0.254 e. The van der Waals surface area contributed by atoms with E-state index in [1.165, 1.54) is 0 Å². The third kappa shape index (κ3) is 3.46. The summed E-state index contributed by atoms with van der Waals surface area (Å²) < 4.78 is 0. The second kappa shape index (κ2) is 7.34. The van der Waals surface area contributed by atoms with Gasteiger partial charge in [0.05, 0.1) is 12.6 Å². The number of rotatable bonds is 4. The summed E-state index contributed by atoms with van der Waals surface area (Å²) in [5.74, 6) is 0.529. The van der Waals surface area contributed by atoms with Crippen LogP contribution in [0.2, 0.25) is 0 Å². The molecule has 0 saturated carbocycles. The summed E-state index contributed by atoms with van der Waals surface area (Å²) in [5, 5.41) is 9.62. The summed E-state index contributed by atoms with van der Waals surface area (Å²) in [6, 6.07) is 7.45. The van der Waals surface area contributed by atoms with Crippen molar-refractivity contribution in [1.29, 1.82) is 0 Å². The van der Waals surface area contributed by atoms with E-state index in [1.54, 1.807) is 0 Å². The Morgan fingerprint density at radius 2 is 1.96 bits per heavy atom. The van der Waals surface area contributed by atoms with Crippen molar-refractivity contribution in [3.8, 4) is 0 Å². The fourth-order valence-electron chi connectivity index (χ4n) is 3.79. The monoisotopic (exact) mass is 330 g/mol. The van der Waals surface area contributed by atoms with Gasteiger partial charge in [-0.1, -0.05) is 19.1 Å². The predicted octanol–water partition coefficient (Wildman–Crippen LogP) is 2.04. The first-order chi connectivity index (χ1) is 11.6. The van der Waals surface area contributed by atoms with Crippen molar-refractivity contribution >= 4 is 11.8 Å². The van der Waals surface area contributed by atoms with Gasteiger partial charge in [0, 0.05) is 31.6 Å². The van der Waals surface area contributed by atoms with Crippen LogP contribution >= 0.6 is 0 Å². The Morgan fingerprint density at radius 1 is 1.21 bits per heavy atom. The Kier molecular flexibility index (Phi) is 5.19. The Balaban J connectivity index is 1.68. The van der Waals surface area contributed by atoms with Gasteiger partial charge in [0.15, 0.2) is 0 Å². The largest absolute Gasteiger partial charge is 0.394 e. The zero-order chi connectivity index (χ0) is 17.1. The quantitative estimate of drug-likeness (QED) is 0.919. The number of piperidine rings is 1. The van der Waals surface area contributed by atoms with Gasteiger partial charge in [0.25, 0.3) is 5.91 Å². The van der Waals surface area contributed by atoms with Crippen LogP contribution in [0.25, 0.3) is 0 Å². The lowest BCUT2D eigenvalue weighted by molar-refractivity contribution is -0.128. The molecule has 24 heavy (non-hydrogen) atoms. The normalized spacial score (nSPS) is 24.5. The highest BCUT2D eigenvalue weighted by atomic mass is 16.3. The zero-order valence-corrected chi connectivity index (χ0v) is 14.3. The topological polar surface area (TPSA) is 60.9 Å². The molecule has 5 heteroatoms. The average molecular weight is 330 g/mol. The van der Waals surface area contributed by atoms with E-state index in [4.69, 9.17) is 0 Å². The minimum atomic E-state index is -0.0897. The number of carbonyl (C=O) groups excluding carboxylic acids is 2. The van der Waals surface area contributed by atoms with Crippen molar-refractivity contribution in [2.45, 2.75) is 45.2 Å². The number of benzene rings is 1. The summed E-state index contributed by atoms with van der Waals surface area (Å²) >= 11 is 0. The molecular formula is C19H26N2O3. The standard InChI is InChI=1S/C19H26N2O3/c1-14-4-2-11-21(17(14)13-22)19(24)16-8-6-15(7-9-16)12-20-10-3-5-18(20)23/h6-9,14,17,22H,2-5,10-13H2,1H3. The molecule has 2 saturated heterocycles. The number of nitrogens with zero attached hydrogens (tertiary/aromatic N) is 2. The molecule has 2 amide bonds. The summed E-state index contributed by atoms with van der Waals surface area (Å²) in [7, 11) is 0. The lowest BCUT2D eigenvalue weighted by atomic mass is 9.90. The van der Waals surface area contributed by atoms with Crippen molar-refractivity contribution in [3.05, 3.63) is 35.4 Å². The molecule has 0 aromatic heterocycles. The van der Waals surface area contributed by atoms with E-state index < -0.39 is 0 Å². The Labute approximate surface area is 143 Å². The number of likely N-dealkylation sites (tertiary alicyclic amines) is 2. The van der Waals surface area contributed by atoms with Crippen molar-refractivity contribution in [2.75, 3.05) is 19.7 Å². The summed E-state index contributed by atoms with van der Waals surface area (Å²) in [4.78, 5) is 28.2. The fraction of sp³-hybridized carbons (Fsp3) is 0.579. The van der Waals surface area contributed by atoms with Crippen LogP contribution in [-0.2, 0) is 11.3 Å². The van der Waals surface area contributed by atoms with Crippen molar-refractivity contribution in [2.24, 2.45) is 5.92 Å². The predicted molar refractivity (Wildman–Crippen MR) is 91.4 cm³/mol. The van der Waals surface area contributed by atoms with Crippen molar-refractivity contribution in [1.82, 2.24) is 9.80 Å². The van der Waals surface area contributed by atoms with Crippen LogP contribution in [0.15, 0.2) is 24.3 Å². The molecule has 1 aromatic rings. The number of aliphatic hydroxyl groups is 1. The van der Waals surface area contributed by atoms with Gasteiger partial charge in [-0.2, -0.15) is 0 Å². The van der Waals surface area contributed by atoms with E-state index in [0.717, 1.165) is 31.4 Å². The van der Waals surface area contributed by atoms with Crippen LogP contribution in [0.3, 0.4) is 0 Å². The van der Waals surface area contributed by atoms with E-state index >= 15 is 0 Å². The number of hydrogen-bond acceptors (Lipinski definition) is 3. The first-order valence-electron chi connectivity index (χ1n) is 8.88. The van der Waals surface area contributed by atoms with E-state index in [9.17, 15) is 14.7 Å². The average Bonchev–Trinajstić information content (AvgIpc) is 2.99. The molecule has 2 aliphatic heterocycles. The second-order valence-corrected chi connectivity index (χ2v) is 6.98. The second-order valence-electron chi connectivity index (χ2n) is 6.98. The van der Waals surface area contributed by atoms with Gasteiger partial charge < -0.3 is 14.9 Å². The summed E-state index contributed by atoms with van der Waals surface area (Å²) in [6.07, 6.45) is 3.62. The van der Waals surface area contributed by atoms with Gasteiger partial charge in [-0.15, -0.1) is 0 Å².